The van der Waals surface area contributed by atoms with E-state index in [4.69, 9.17) is 5.11 Å². The Labute approximate surface area is 180 Å². The molecule has 31 heavy (non-hydrogen) atoms. The molecule has 3 aromatic heterocycles. The van der Waals surface area contributed by atoms with Crippen LogP contribution >= 0.6 is 0 Å². The Morgan fingerprint density at radius 1 is 1.19 bits per heavy atom. The Kier molecular flexibility index (Phi) is 5.03. The number of rotatable bonds is 6. The van der Waals surface area contributed by atoms with Gasteiger partial charge in [-0.15, -0.1) is 6.58 Å². The van der Waals surface area contributed by atoms with Crippen molar-refractivity contribution >= 4 is 11.3 Å². The molecule has 1 aliphatic carbocycles. The lowest BCUT2D eigenvalue weighted by Crippen LogP contribution is -2.02. The van der Waals surface area contributed by atoms with Crippen LogP contribution in [-0.4, -0.2) is 37.6 Å². The number of pyridine rings is 1. The topological polar surface area (TPSA) is 78.2 Å². The van der Waals surface area contributed by atoms with Gasteiger partial charge in [0, 0.05) is 29.8 Å². The molecule has 0 amide bonds. The minimum Gasteiger partial charge on any atom is -0.384 e. The summed E-state index contributed by atoms with van der Waals surface area (Å²) in [7, 11) is 0. The van der Waals surface area contributed by atoms with Gasteiger partial charge in [-0.05, 0) is 24.5 Å². The molecule has 0 unspecified atom stereocenters. The van der Waals surface area contributed by atoms with Crippen LogP contribution in [0.2, 0.25) is 0 Å². The highest BCUT2D eigenvalue weighted by molar-refractivity contribution is 5.76. The van der Waals surface area contributed by atoms with Gasteiger partial charge in [0.15, 0.2) is 5.65 Å². The Hall–Kier alpha value is -3.82. The fourth-order valence-corrected chi connectivity index (χ4v) is 3.69. The summed E-state index contributed by atoms with van der Waals surface area (Å²) in [5, 5.41) is 12.4. The molecule has 0 aliphatic heterocycles. The van der Waals surface area contributed by atoms with Crippen LogP contribution in [0.5, 0.6) is 0 Å². The second-order valence-corrected chi connectivity index (χ2v) is 7.64. The normalized spacial score (nSPS) is 13.1. The zero-order chi connectivity index (χ0) is 21.2. The van der Waals surface area contributed by atoms with Crippen molar-refractivity contribution in [3.8, 4) is 34.4 Å². The molecule has 1 saturated carbocycles. The van der Waals surface area contributed by atoms with Crippen LogP contribution in [0.1, 0.15) is 30.1 Å². The minimum absolute atomic E-state index is 0.179. The highest BCUT2D eigenvalue weighted by atomic mass is 16.2. The van der Waals surface area contributed by atoms with E-state index in [0.717, 1.165) is 45.2 Å². The number of aliphatic hydroxyl groups excluding tert-OH is 1. The lowest BCUT2D eigenvalue weighted by Gasteiger charge is -2.09. The fourth-order valence-electron chi connectivity index (χ4n) is 3.69. The number of nitrogens with one attached hydrogen (secondary N) is 2. The number of hydrogen-bond donors (Lipinski definition) is 3. The SMILES string of the molecule is C=CCNc1cc(C#CCO)cn2c(-c3ccc(-c4cnc(C5CC5)[nH]4)cc3)cnc12. The number of imidazole rings is 2. The molecule has 6 heteroatoms. The third kappa shape index (κ3) is 3.83. The number of H-pyrrole nitrogens is 1. The van der Waals surface area contributed by atoms with Gasteiger partial charge in [0.2, 0.25) is 0 Å². The highest BCUT2D eigenvalue weighted by Gasteiger charge is 2.26. The third-order valence-electron chi connectivity index (χ3n) is 5.41. The molecule has 154 valence electrons. The van der Waals surface area contributed by atoms with E-state index >= 15 is 0 Å². The molecule has 3 N–H and O–H groups in total. The van der Waals surface area contributed by atoms with Crippen molar-refractivity contribution in [3.05, 3.63) is 73.0 Å². The van der Waals surface area contributed by atoms with Gasteiger partial charge >= 0.3 is 0 Å². The van der Waals surface area contributed by atoms with Crippen LogP contribution in [0, 0.1) is 11.8 Å². The van der Waals surface area contributed by atoms with Crippen molar-refractivity contribution in [2.75, 3.05) is 18.5 Å². The quantitative estimate of drug-likeness (QED) is 0.329. The molecule has 1 fully saturated rings. The van der Waals surface area contributed by atoms with Crippen molar-refractivity contribution in [1.29, 1.82) is 0 Å². The molecule has 5 rings (SSSR count). The van der Waals surface area contributed by atoms with E-state index in [-0.39, 0.29) is 6.61 Å². The van der Waals surface area contributed by atoms with E-state index in [2.05, 4.69) is 63.0 Å². The molecule has 3 heterocycles. The van der Waals surface area contributed by atoms with E-state index in [1.165, 1.54) is 12.8 Å². The Balaban J connectivity index is 1.51. The van der Waals surface area contributed by atoms with Gasteiger partial charge in [0.05, 0.1) is 29.5 Å². The second kappa shape index (κ2) is 8.13. The van der Waals surface area contributed by atoms with Gasteiger partial charge in [-0.2, -0.15) is 0 Å². The summed E-state index contributed by atoms with van der Waals surface area (Å²) >= 11 is 0. The molecule has 0 bridgehead atoms. The Bertz CT molecular complexity index is 1300. The van der Waals surface area contributed by atoms with Crippen LogP contribution in [0.25, 0.3) is 28.2 Å². The predicted molar refractivity (Wildman–Crippen MR) is 123 cm³/mol. The van der Waals surface area contributed by atoms with Gasteiger partial charge in [-0.3, -0.25) is 4.40 Å². The molecule has 0 radical (unpaired) electrons. The van der Waals surface area contributed by atoms with E-state index in [1.807, 2.05) is 29.1 Å². The second-order valence-electron chi connectivity index (χ2n) is 7.64. The maximum atomic E-state index is 9.07. The molecule has 0 spiro atoms. The summed E-state index contributed by atoms with van der Waals surface area (Å²) in [6.07, 6.45) is 10.00. The number of anilines is 1. The van der Waals surface area contributed by atoms with E-state index in [1.54, 1.807) is 6.08 Å². The van der Waals surface area contributed by atoms with Crippen molar-refractivity contribution in [2.45, 2.75) is 18.8 Å². The highest BCUT2D eigenvalue weighted by Crippen LogP contribution is 2.39. The van der Waals surface area contributed by atoms with E-state index in [9.17, 15) is 0 Å². The molecule has 4 aromatic rings. The Morgan fingerprint density at radius 2 is 2.00 bits per heavy atom. The third-order valence-corrected chi connectivity index (χ3v) is 5.41. The zero-order valence-corrected chi connectivity index (χ0v) is 17.1. The maximum absolute atomic E-state index is 9.07. The molecule has 6 nitrogen and oxygen atoms in total. The van der Waals surface area contributed by atoms with E-state index < -0.39 is 0 Å². The largest absolute Gasteiger partial charge is 0.384 e. The first-order valence-electron chi connectivity index (χ1n) is 10.4. The zero-order valence-electron chi connectivity index (χ0n) is 17.1. The summed E-state index contributed by atoms with van der Waals surface area (Å²) in [5.74, 6) is 7.42. The number of aliphatic hydroxyl groups is 1. The van der Waals surface area contributed by atoms with Crippen LogP contribution in [0.15, 0.2) is 61.6 Å². The van der Waals surface area contributed by atoms with Gasteiger partial charge in [0.1, 0.15) is 12.4 Å². The maximum Gasteiger partial charge on any atom is 0.160 e. The molecular formula is C25H23N5O. The smallest absolute Gasteiger partial charge is 0.160 e. The summed E-state index contributed by atoms with van der Waals surface area (Å²) in [6, 6.07) is 10.3. The number of nitrogens with zero attached hydrogens (tertiary/aromatic N) is 3. The fraction of sp³-hybridized carbons (Fsp3) is 0.200. The average molecular weight is 409 g/mol. The predicted octanol–water partition coefficient (Wildman–Crippen LogP) is 4.21. The van der Waals surface area contributed by atoms with Gasteiger partial charge in [-0.1, -0.05) is 42.2 Å². The summed E-state index contributed by atoms with van der Waals surface area (Å²) < 4.78 is 2.03. The Morgan fingerprint density at radius 3 is 2.74 bits per heavy atom. The molecule has 1 aromatic carbocycles. The summed E-state index contributed by atoms with van der Waals surface area (Å²) in [6.45, 7) is 4.21. The number of benzene rings is 1. The van der Waals surface area contributed by atoms with Crippen LogP contribution in [-0.2, 0) is 0 Å². The average Bonchev–Trinajstić information content (AvgIpc) is 3.37. The number of hydrogen-bond acceptors (Lipinski definition) is 4. The minimum atomic E-state index is -0.179. The molecule has 0 saturated heterocycles. The number of aromatic nitrogens is 4. The molecule has 0 atom stereocenters. The van der Waals surface area contributed by atoms with E-state index in [0.29, 0.717) is 12.5 Å². The van der Waals surface area contributed by atoms with Crippen LogP contribution in [0.3, 0.4) is 0 Å². The van der Waals surface area contributed by atoms with Crippen LogP contribution < -0.4 is 5.32 Å². The lowest BCUT2D eigenvalue weighted by atomic mass is 10.1. The molecule has 1 aliphatic rings. The van der Waals surface area contributed by atoms with Crippen molar-refractivity contribution in [1.82, 2.24) is 19.4 Å². The number of fused-ring (bicyclic) bond motifs is 1. The lowest BCUT2D eigenvalue weighted by molar-refractivity contribution is 0.350. The summed E-state index contributed by atoms with van der Waals surface area (Å²) in [4.78, 5) is 12.6. The standard InChI is InChI=1S/C25H23N5O/c1-2-11-26-21-13-17(4-3-12-31)16-30-23(15-28-25(21)30)19-7-5-18(6-8-19)22-14-27-24(29-22)20-9-10-20/h2,5-8,13-16,20,26,31H,1,9-12H2,(H,27,29). The van der Waals surface area contributed by atoms with Gasteiger partial charge in [-0.25, -0.2) is 9.97 Å². The van der Waals surface area contributed by atoms with Crippen molar-refractivity contribution in [2.24, 2.45) is 0 Å². The number of aromatic amines is 1. The molecular weight excluding hydrogens is 386 g/mol. The first-order valence-corrected chi connectivity index (χ1v) is 10.4. The van der Waals surface area contributed by atoms with Crippen LogP contribution in [0.4, 0.5) is 5.69 Å². The first-order chi connectivity index (χ1) is 15.3. The summed E-state index contributed by atoms with van der Waals surface area (Å²) in [5.41, 5.74) is 6.67. The first kappa shape index (κ1) is 19.2. The van der Waals surface area contributed by atoms with Gasteiger partial charge in [0.25, 0.3) is 0 Å². The monoisotopic (exact) mass is 409 g/mol. The van der Waals surface area contributed by atoms with Gasteiger partial charge < -0.3 is 15.4 Å². The van der Waals surface area contributed by atoms with Crippen molar-refractivity contribution in [3.63, 3.8) is 0 Å². The van der Waals surface area contributed by atoms with Crippen molar-refractivity contribution < 1.29 is 5.11 Å².